The highest BCUT2D eigenvalue weighted by atomic mass is 16.2. The van der Waals surface area contributed by atoms with E-state index in [0.717, 1.165) is 56.2 Å². The van der Waals surface area contributed by atoms with Crippen LogP contribution >= 0.6 is 0 Å². The number of hydrogen-bond donors (Lipinski definition) is 0. The second-order valence-corrected chi connectivity index (χ2v) is 8.35. The number of aryl methyl sites for hydroxylation is 1. The van der Waals surface area contributed by atoms with E-state index < -0.39 is 0 Å². The normalized spacial score (nSPS) is 20.5. The molecule has 0 spiro atoms. The van der Waals surface area contributed by atoms with Crippen LogP contribution in [-0.4, -0.2) is 41.5 Å². The minimum atomic E-state index is 0.134. The average Bonchev–Trinajstić information content (AvgIpc) is 3.19. The number of nitrogens with zero attached hydrogens (tertiary/aromatic N) is 3. The van der Waals surface area contributed by atoms with Gasteiger partial charge >= 0.3 is 0 Å². The zero-order valence-electron chi connectivity index (χ0n) is 16.9. The quantitative estimate of drug-likeness (QED) is 0.767. The minimum Gasteiger partial charge on any atom is -0.354 e. The van der Waals surface area contributed by atoms with E-state index in [2.05, 4.69) is 47.1 Å². The summed E-state index contributed by atoms with van der Waals surface area (Å²) in [6.07, 6.45) is 8.79. The van der Waals surface area contributed by atoms with Crippen molar-refractivity contribution in [2.24, 2.45) is 5.92 Å². The number of likely N-dealkylation sites (tertiary alicyclic amines) is 1. The Hall–Kier alpha value is -2.36. The molecular weight excluding hydrogens is 346 g/mol. The van der Waals surface area contributed by atoms with Gasteiger partial charge in [-0.3, -0.25) is 4.79 Å². The molecule has 2 fully saturated rings. The molecule has 1 aromatic carbocycles. The van der Waals surface area contributed by atoms with Gasteiger partial charge in [0.25, 0.3) is 5.91 Å². The van der Waals surface area contributed by atoms with Crippen molar-refractivity contribution in [3.63, 3.8) is 0 Å². The smallest absolute Gasteiger partial charge is 0.255 e. The van der Waals surface area contributed by atoms with Crippen molar-refractivity contribution in [3.05, 3.63) is 59.8 Å². The zero-order valence-corrected chi connectivity index (χ0v) is 16.9. The van der Waals surface area contributed by atoms with Gasteiger partial charge in [0.2, 0.25) is 0 Å². The highest BCUT2D eigenvalue weighted by Gasteiger charge is 2.25. The van der Waals surface area contributed by atoms with Crippen LogP contribution in [0, 0.1) is 5.92 Å². The van der Waals surface area contributed by atoms with Crippen molar-refractivity contribution >= 4 is 11.7 Å². The van der Waals surface area contributed by atoms with Crippen molar-refractivity contribution in [3.8, 4) is 0 Å². The van der Waals surface area contributed by atoms with E-state index in [1.807, 2.05) is 17.0 Å². The predicted molar refractivity (Wildman–Crippen MR) is 114 cm³/mol. The van der Waals surface area contributed by atoms with Crippen LogP contribution in [0.1, 0.15) is 54.9 Å². The molecule has 0 unspecified atom stereocenters. The number of carbonyl (C=O) groups is 1. The minimum absolute atomic E-state index is 0.134. The Bertz CT molecular complexity index is 766. The lowest BCUT2D eigenvalue weighted by molar-refractivity contribution is 0.0686. The summed E-state index contributed by atoms with van der Waals surface area (Å²) >= 11 is 0. The van der Waals surface area contributed by atoms with Crippen molar-refractivity contribution < 1.29 is 4.79 Å². The second-order valence-electron chi connectivity index (χ2n) is 8.35. The number of carbonyl (C=O) groups excluding carboxylic acids is 1. The number of hydrogen-bond acceptors (Lipinski definition) is 3. The fraction of sp³-hybridized carbons (Fsp3) is 0.500. The van der Waals surface area contributed by atoms with Gasteiger partial charge < -0.3 is 9.80 Å². The van der Waals surface area contributed by atoms with Gasteiger partial charge in [0.1, 0.15) is 5.82 Å². The number of anilines is 1. The zero-order chi connectivity index (χ0) is 19.3. The highest BCUT2D eigenvalue weighted by Crippen LogP contribution is 2.25. The maximum atomic E-state index is 12.9. The van der Waals surface area contributed by atoms with Crippen molar-refractivity contribution in [1.29, 1.82) is 0 Å². The summed E-state index contributed by atoms with van der Waals surface area (Å²) < 4.78 is 0. The molecule has 0 radical (unpaired) electrons. The van der Waals surface area contributed by atoms with Crippen LogP contribution in [0.25, 0.3) is 0 Å². The van der Waals surface area contributed by atoms with Crippen LogP contribution in [0.4, 0.5) is 5.82 Å². The fourth-order valence-electron chi connectivity index (χ4n) is 4.58. The van der Waals surface area contributed by atoms with Crippen LogP contribution in [0.3, 0.4) is 0 Å². The van der Waals surface area contributed by atoms with Crippen molar-refractivity contribution in [1.82, 2.24) is 9.88 Å². The Balaban J connectivity index is 1.28. The van der Waals surface area contributed by atoms with Crippen molar-refractivity contribution in [2.45, 2.75) is 51.5 Å². The predicted octanol–water partition coefficient (Wildman–Crippen LogP) is 4.56. The summed E-state index contributed by atoms with van der Waals surface area (Å²) in [5.74, 6) is 1.86. The largest absolute Gasteiger partial charge is 0.354 e. The first kappa shape index (κ1) is 19.0. The molecule has 2 saturated heterocycles. The van der Waals surface area contributed by atoms with E-state index in [1.54, 1.807) is 6.20 Å². The molecule has 0 aliphatic carbocycles. The number of amides is 1. The van der Waals surface area contributed by atoms with Crippen LogP contribution in [0.5, 0.6) is 0 Å². The first-order chi connectivity index (χ1) is 13.7. The third-order valence-electron chi connectivity index (χ3n) is 6.43. The molecule has 2 aliphatic rings. The summed E-state index contributed by atoms with van der Waals surface area (Å²) in [6.45, 7) is 5.04. The van der Waals surface area contributed by atoms with E-state index in [1.165, 1.54) is 24.8 Å². The molecule has 4 heteroatoms. The number of benzene rings is 1. The van der Waals surface area contributed by atoms with Gasteiger partial charge in [-0.25, -0.2) is 4.98 Å². The topological polar surface area (TPSA) is 36.4 Å². The standard InChI is InChI=1S/C24H31N3O/c1-19-6-5-15-27(19)23-12-11-22(18-25-23)24(28)26-16-13-21(14-17-26)10-9-20-7-3-2-4-8-20/h2-4,7-8,11-12,18-19,21H,5-6,9-10,13-17H2,1H3/t19-/m0/s1. The first-order valence-corrected chi connectivity index (χ1v) is 10.8. The first-order valence-electron chi connectivity index (χ1n) is 10.8. The van der Waals surface area contributed by atoms with Gasteiger partial charge in [0, 0.05) is 31.9 Å². The van der Waals surface area contributed by atoms with Gasteiger partial charge in [-0.05, 0) is 69.1 Å². The molecule has 3 heterocycles. The lowest BCUT2D eigenvalue weighted by Gasteiger charge is -2.32. The summed E-state index contributed by atoms with van der Waals surface area (Å²) in [5, 5.41) is 0. The van der Waals surface area contributed by atoms with E-state index in [4.69, 9.17) is 0 Å². The Morgan fingerprint density at radius 1 is 1.04 bits per heavy atom. The van der Waals surface area contributed by atoms with Gasteiger partial charge in [-0.1, -0.05) is 30.3 Å². The van der Waals surface area contributed by atoms with Crippen LogP contribution in [-0.2, 0) is 6.42 Å². The SMILES string of the molecule is C[C@H]1CCCN1c1ccc(C(=O)N2CCC(CCc3ccccc3)CC2)cn1. The van der Waals surface area contributed by atoms with E-state index in [0.29, 0.717) is 6.04 Å². The Morgan fingerprint density at radius 3 is 2.46 bits per heavy atom. The van der Waals surface area contributed by atoms with Crippen molar-refractivity contribution in [2.75, 3.05) is 24.5 Å². The molecule has 2 aliphatic heterocycles. The van der Waals surface area contributed by atoms with Gasteiger partial charge in [-0.2, -0.15) is 0 Å². The molecule has 4 rings (SSSR count). The number of rotatable bonds is 5. The molecule has 1 amide bonds. The van der Waals surface area contributed by atoms with Gasteiger partial charge in [-0.15, -0.1) is 0 Å². The lowest BCUT2D eigenvalue weighted by atomic mass is 9.90. The molecule has 1 aromatic heterocycles. The summed E-state index contributed by atoms with van der Waals surface area (Å²) in [7, 11) is 0. The lowest BCUT2D eigenvalue weighted by Crippen LogP contribution is -2.38. The number of pyridine rings is 1. The van der Waals surface area contributed by atoms with Crippen LogP contribution in [0.15, 0.2) is 48.7 Å². The molecule has 4 nitrogen and oxygen atoms in total. The summed E-state index contributed by atoms with van der Waals surface area (Å²) in [6, 6.07) is 15.2. The average molecular weight is 378 g/mol. The molecule has 2 aromatic rings. The molecule has 0 N–H and O–H groups in total. The molecule has 28 heavy (non-hydrogen) atoms. The molecule has 148 valence electrons. The van der Waals surface area contributed by atoms with E-state index >= 15 is 0 Å². The second kappa shape index (κ2) is 8.76. The molecule has 0 bridgehead atoms. The maximum Gasteiger partial charge on any atom is 0.255 e. The van der Waals surface area contributed by atoms with Gasteiger partial charge in [0.15, 0.2) is 0 Å². The van der Waals surface area contributed by atoms with Crippen LogP contribution in [0.2, 0.25) is 0 Å². The molecular formula is C24H31N3O. The summed E-state index contributed by atoms with van der Waals surface area (Å²) in [5.41, 5.74) is 2.14. The van der Waals surface area contributed by atoms with Crippen LogP contribution < -0.4 is 4.90 Å². The number of aromatic nitrogens is 1. The van der Waals surface area contributed by atoms with E-state index in [9.17, 15) is 4.79 Å². The maximum absolute atomic E-state index is 12.9. The molecule has 1 atom stereocenters. The third-order valence-corrected chi connectivity index (χ3v) is 6.43. The monoisotopic (exact) mass is 377 g/mol. The third kappa shape index (κ3) is 4.37. The van der Waals surface area contributed by atoms with Gasteiger partial charge in [0.05, 0.1) is 5.56 Å². The Kier molecular flexibility index (Phi) is 5.94. The Morgan fingerprint density at radius 2 is 1.82 bits per heavy atom. The number of piperidine rings is 1. The highest BCUT2D eigenvalue weighted by molar-refractivity contribution is 5.94. The van der Waals surface area contributed by atoms with E-state index in [-0.39, 0.29) is 5.91 Å². The molecule has 0 saturated carbocycles. The fourth-order valence-corrected chi connectivity index (χ4v) is 4.58. The summed E-state index contributed by atoms with van der Waals surface area (Å²) in [4.78, 5) is 21.8. The Labute approximate surface area is 168 Å².